The predicted molar refractivity (Wildman–Crippen MR) is 129 cm³/mol. The van der Waals surface area contributed by atoms with Crippen LogP contribution >= 0.6 is 11.8 Å². The van der Waals surface area contributed by atoms with E-state index in [1.54, 1.807) is 18.0 Å². The van der Waals surface area contributed by atoms with Crippen molar-refractivity contribution in [3.05, 3.63) is 95.3 Å². The summed E-state index contributed by atoms with van der Waals surface area (Å²) in [4.78, 5) is 22.3. The molecule has 3 aromatic rings. The van der Waals surface area contributed by atoms with E-state index in [4.69, 9.17) is 0 Å². The highest BCUT2D eigenvalue weighted by Crippen LogP contribution is 2.40. The molecule has 0 saturated carbocycles. The Morgan fingerprint density at radius 2 is 1.84 bits per heavy atom. The van der Waals surface area contributed by atoms with Gasteiger partial charge in [-0.25, -0.2) is 0 Å². The lowest BCUT2D eigenvalue weighted by Crippen LogP contribution is -2.55. The highest BCUT2D eigenvalue weighted by Gasteiger charge is 2.39. The molecule has 0 radical (unpaired) electrons. The van der Waals surface area contributed by atoms with Gasteiger partial charge in [0.15, 0.2) is 0 Å². The number of carbonyl (C=O) groups excluding carboxylic acids is 1. The molecule has 2 fully saturated rings. The fourth-order valence-electron chi connectivity index (χ4n) is 5.26. The van der Waals surface area contributed by atoms with E-state index in [-0.39, 0.29) is 23.4 Å². The average Bonchev–Trinajstić information content (AvgIpc) is 3.30. The summed E-state index contributed by atoms with van der Waals surface area (Å²) in [6.07, 6.45) is 4.62. The van der Waals surface area contributed by atoms with E-state index in [9.17, 15) is 4.79 Å². The molecule has 0 aliphatic carbocycles. The number of amides is 1. The van der Waals surface area contributed by atoms with Gasteiger partial charge in [-0.3, -0.25) is 15.1 Å². The molecule has 1 aromatic heterocycles. The number of carbonyl (C=O) groups is 1. The number of hydrogen-bond acceptors (Lipinski definition) is 5. The molecule has 3 atom stereocenters. The number of nitrogens with zero attached hydrogens (tertiary/aromatic N) is 3. The summed E-state index contributed by atoms with van der Waals surface area (Å²) in [6, 6.07) is 21.5. The maximum absolute atomic E-state index is 13.5. The largest absolute Gasteiger partial charge is 0.361 e. The average molecular weight is 443 g/mol. The molecule has 2 aromatic carbocycles. The number of nitrogens with one attached hydrogen (secondary N) is 1. The summed E-state index contributed by atoms with van der Waals surface area (Å²) in [5, 5.41) is 3.67. The fraction of sp³-hybridized carbons (Fsp3) is 0.308. The predicted octanol–water partition coefficient (Wildman–Crippen LogP) is 3.78. The number of thioether (sulfide) groups is 1. The van der Waals surface area contributed by atoms with E-state index in [1.165, 1.54) is 22.4 Å². The van der Waals surface area contributed by atoms with Crippen LogP contribution in [0.25, 0.3) is 0 Å². The molecular weight excluding hydrogens is 416 g/mol. The highest BCUT2D eigenvalue weighted by atomic mass is 32.2. The van der Waals surface area contributed by atoms with Gasteiger partial charge in [-0.2, -0.15) is 0 Å². The second-order valence-corrected chi connectivity index (χ2v) is 9.85. The van der Waals surface area contributed by atoms with Crippen LogP contribution in [0.1, 0.15) is 33.7 Å². The van der Waals surface area contributed by atoms with Gasteiger partial charge in [-0.15, -0.1) is 11.8 Å². The van der Waals surface area contributed by atoms with Gasteiger partial charge in [0.1, 0.15) is 0 Å². The lowest BCUT2D eigenvalue weighted by molar-refractivity contribution is -0.133. The zero-order valence-corrected chi connectivity index (χ0v) is 18.7. The minimum Gasteiger partial charge on any atom is -0.361 e. The minimum absolute atomic E-state index is 0.129. The summed E-state index contributed by atoms with van der Waals surface area (Å²) < 4.78 is 0. The number of anilines is 1. The summed E-state index contributed by atoms with van der Waals surface area (Å²) in [5.74, 6) is 1.02. The van der Waals surface area contributed by atoms with Crippen molar-refractivity contribution in [2.45, 2.75) is 23.9 Å². The molecule has 3 unspecified atom stereocenters. The van der Waals surface area contributed by atoms with Gasteiger partial charge >= 0.3 is 0 Å². The maximum atomic E-state index is 13.5. The Labute approximate surface area is 192 Å². The third-order valence-electron chi connectivity index (χ3n) is 6.86. The molecule has 0 spiro atoms. The zero-order chi connectivity index (χ0) is 21.5. The number of benzene rings is 2. The first-order valence-corrected chi connectivity index (χ1v) is 12.3. The number of para-hydroxylation sites is 1. The second kappa shape index (κ2) is 8.26. The van der Waals surface area contributed by atoms with Crippen LogP contribution in [0, 0.1) is 0 Å². The van der Waals surface area contributed by atoms with Crippen molar-refractivity contribution in [1.29, 1.82) is 0 Å². The normalized spacial score (nSPS) is 24.3. The lowest BCUT2D eigenvalue weighted by Gasteiger charge is -2.43. The number of piperazine rings is 1. The topological polar surface area (TPSA) is 48.5 Å². The minimum atomic E-state index is -0.148. The Balaban J connectivity index is 1.25. The molecule has 0 bridgehead atoms. The number of hydrogen-bond donors (Lipinski definition) is 1. The Hall–Kier alpha value is -2.83. The van der Waals surface area contributed by atoms with Crippen molar-refractivity contribution >= 4 is 23.4 Å². The third-order valence-corrected chi connectivity index (χ3v) is 8.12. The Bertz CT molecular complexity index is 1140. The van der Waals surface area contributed by atoms with E-state index in [1.807, 2.05) is 12.3 Å². The summed E-state index contributed by atoms with van der Waals surface area (Å²) in [6.45, 7) is 2.34. The fourth-order valence-corrected chi connectivity index (χ4v) is 6.48. The lowest BCUT2D eigenvalue weighted by atomic mass is 9.96. The van der Waals surface area contributed by atoms with Crippen molar-refractivity contribution in [3.8, 4) is 0 Å². The van der Waals surface area contributed by atoms with Gasteiger partial charge < -0.3 is 9.80 Å². The van der Waals surface area contributed by atoms with Crippen molar-refractivity contribution < 1.29 is 4.79 Å². The van der Waals surface area contributed by atoms with Crippen molar-refractivity contribution in [3.63, 3.8) is 0 Å². The molecule has 5 nitrogen and oxygen atoms in total. The number of aromatic nitrogens is 1. The first-order valence-electron chi connectivity index (χ1n) is 11.3. The van der Waals surface area contributed by atoms with E-state index >= 15 is 0 Å². The molecule has 6 rings (SSSR count). The van der Waals surface area contributed by atoms with Crippen LogP contribution in [0.4, 0.5) is 5.69 Å². The van der Waals surface area contributed by atoms with Crippen LogP contribution in [0.2, 0.25) is 0 Å². The Morgan fingerprint density at radius 3 is 2.72 bits per heavy atom. The van der Waals surface area contributed by atoms with Gasteiger partial charge in [0.05, 0.1) is 17.5 Å². The summed E-state index contributed by atoms with van der Waals surface area (Å²) in [5.41, 5.74) is 6.53. The molecule has 3 aliphatic heterocycles. The third kappa shape index (κ3) is 3.48. The van der Waals surface area contributed by atoms with E-state index < -0.39 is 0 Å². The van der Waals surface area contributed by atoms with Crippen LogP contribution < -0.4 is 10.2 Å². The Morgan fingerprint density at radius 1 is 1.00 bits per heavy atom. The van der Waals surface area contributed by atoms with E-state index in [0.29, 0.717) is 0 Å². The first-order chi connectivity index (χ1) is 15.8. The summed E-state index contributed by atoms with van der Waals surface area (Å²) in [7, 11) is 0. The van der Waals surface area contributed by atoms with Crippen molar-refractivity contribution in [2.24, 2.45) is 0 Å². The molecule has 3 aliphatic rings. The van der Waals surface area contributed by atoms with Crippen LogP contribution in [-0.4, -0.2) is 47.2 Å². The molecule has 1 amide bonds. The SMILES string of the molecule is O=C(C1CSC(c2cccnc2)N1)N1CCN2c3ccccc3Cc3ccccc3C2C1. The molecule has 32 heavy (non-hydrogen) atoms. The van der Waals surface area contributed by atoms with Gasteiger partial charge in [0.2, 0.25) is 5.91 Å². The van der Waals surface area contributed by atoms with Crippen LogP contribution in [0.3, 0.4) is 0 Å². The molecular formula is C26H26N4OS. The maximum Gasteiger partial charge on any atom is 0.240 e. The van der Waals surface area contributed by atoms with E-state index in [2.05, 4.69) is 74.7 Å². The Kier molecular flexibility index (Phi) is 5.12. The monoisotopic (exact) mass is 442 g/mol. The van der Waals surface area contributed by atoms with E-state index in [0.717, 1.165) is 37.4 Å². The van der Waals surface area contributed by atoms with Gasteiger partial charge in [0.25, 0.3) is 0 Å². The highest BCUT2D eigenvalue weighted by molar-refractivity contribution is 7.99. The molecule has 6 heteroatoms. The van der Waals surface area contributed by atoms with Gasteiger partial charge in [-0.05, 0) is 40.8 Å². The molecule has 162 valence electrons. The quantitative estimate of drug-likeness (QED) is 0.655. The van der Waals surface area contributed by atoms with Crippen LogP contribution in [0.5, 0.6) is 0 Å². The van der Waals surface area contributed by atoms with Crippen molar-refractivity contribution in [2.75, 3.05) is 30.3 Å². The second-order valence-electron chi connectivity index (χ2n) is 8.72. The molecule has 1 N–H and O–H groups in total. The summed E-state index contributed by atoms with van der Waals surface area (Å²) >= 11 is 1.79. The van der Waals surface area contributed by atoms with Crippen LogP contribution in [0.15, 0.2) is 73.1 Å². The number of rotatable bonds is 2. The molecule has 2 saturated heterocycles. The molecule has 4 heterocycles. The zero-order valence-electron chi connectivity index (χ0n) is 17.9. The van der Waals surface area contributed by atoms with Crippen molar-refractivity contribution in [1.82, 2.24) is 15.2 Å². The van der Waals surface area contributed by atoms with Gasteiger partial charge in [0, 0.05) is 43.5 Å². The smallest absolute Gasteiger partial charge is 0.240 e. The standard InChI is InChI=1S/C26H26N4OS/c31-26(22-17-32-25(28-22)20-8-5-11-27-15-20)29-12-13-30-23-10-4-2-7-19(23)14-18-6-1-3-9-21(18)24(30)16-29/h1-11,15,22,24-25,28H,12-14,16-17H2. The number of fused-ring (bicyclic) bond motifs is 5. The van der Waals surface area contributed by atoms with Gasteiger partial charge in [-0.1, -0.05) is 48.5 Å². The number of pyridine rings is 1. The van der Waals surface area contributed by atoms with Crippen LogP contribution in [-0.2, 0) is 11.2 Å². The first kappa shape index (κ1) is 19.8.